The second-order valence-corrected chi connectivity index (χ2v) is 8.95. The Kier molecular flexibility index (Phi) is 10.5. The van der Waals surface area contributed by atoms with Crippen LogP contribution >= 0.6 is 0 Å². The number of ether oxygens (including phenoxy) is 1. The molecule has 2 aromatic rings. The summed E-state index contributed by atoms with van der Waals surface area (Å²) in [5.74, 6) is -0.544. The summed E-state index contributed by atoms with van der Waals surface area (Å²) in [6.45, 7) is 3.81. The summed E-state index contributed by atoms with van der Waals surface area (Å²) in [7, 11) is 0. The first-order chi connectivity index (χ1) is 16.9. The Morgan fingerprint density at radius 3 is 2.74 bits per heavy atom. The van der Waals surface area contributed by atoms with Crippen molar-refractivity contribution >= 4 is 11.8 Å². The quantitative estimate of drug-likeness (QED) is 0.504. The molecule has 0 unspecified atom stereocenters. The number of hydrogen-bond acceptors (Lipinski definition) is 5. The summed E-state index contributed by atoms with van der Waals surface area (Å²) < 4.78 is 19.9. The number of carbonyl (C=O) groups is 2. The molecule has 0 aliphatic carbocycles. The summed E-state index contributed by atoms with van der Waals surface area (Å²) in [4.78, 5) is 24.6. The first-order valence-corrected chi connectivity index (χ1v) is 12.4. The molecular formula is C27H36FN3O4. The highest BCUT2D eigenvalue weighted by Gasteiger charge is 2.23. The third-order valence-electron chi connectivity index (χ3n) is 6.02. The number of aliphatic hydroxyl groups excluding tert-OH is 1. The number of fused-ring (bicyclic) bond motifs is 2. The highest BCUT2D eigenvalue weighted by molar-refractivity contribution is 5.83. The lowest BCUT2D eigenvalue weighted by Gasteiger charge is -2.25. The van der Waals surface area contributed by atoms with Crippen molar-refractivity contribution < 1.29 is 23.8 Å². The van der Waals surface area contributed by atoms with Gasteiger partial charge >= 0.3 is 0 Å². The molecular weight excluding hydrogens is 449 g/mol. The number of benzene rings is 2. The number of amides is 2. The van der Waals surface area contributed by atoms with Crippen LogP contribution in [0, 0.1) is 5.82 Å². The van der Waals surface area contributed by atoms with Crippen LogP contribution in [0.2, 0.25) is 0 Å². The fourth-order valence-electron chi connectivity index (χ4n) is 4.06. The number of rotatable bonds is 6. The van der Waals surface area contributed by atoms with E-state index in [0.717, 1.165) is 18.4 Å². The Hall–Kier alpha value is -2.97. The lowest BCUT2D eigenvalue weighted by atomic mass is 10.00. The lowest BCUT2D eigenvalue weighted by Crippen LogP contribution is -2.48. The number of aliphatic hydroxyl groups is 1. The minimum absolute atomic E-state index is 0.0177. The van der Waals surface area contributed by atoms with Gasteiger partial charge in [0.25, 0.3) is 0 Å². The minimum Gasteiger partial charge on any atom is -0.493 e. The Labute approximate surface area is 206 Å². The minimum atomic E-state index is -0.923. The Balaban J connectivity index is 1.70. The highest BCUT2D eigenvalue weighted by atomic mass is 19.1. The van der Waals surface area contributed by atoms with E-state index in [2.05, 4.69) is 35.0 Å². The molecule has 0 radical (unpaired) electrons. The first-order valence-electron chi connectivity index (χ1n) is 12.4. The van der Waals surface area contributed by atoms with Crippen molar-refractivity contribution in [1.82, 2.24) is 16.0 Å². The van der Waals surface area contributed by atoms with Gasteiger partial charge in [-0.3, -0.25) is 9.59 Å². The third kappa shape index (κ3) is 9.30. The zero-order valence-electron chi connectivity index (χ0n) is 20.3. The van der Waals surface area contributed by atoms with Crippen LogP contribution in [0.4, 0.5) is 4.39 Å². The Bertz CT molecular complexity index is 985. The van der Waals surface area contributed by atoms with Crippen molar-refractivity contribution in [2.45, 2.75) is 64.1 Å². The van der Waals surface area contributed by atoms with Crippen molar-refractivity contribution in [3.8, 4) is 5.75 Å². The summed E-state index contributed by atoms with van der Waals surface area (Å²) in [5, 5.41) is 19.8. The average molecular weight is 486 g/mol. The number of carbonyl (C=O) groups excluding carboxylic acids is 2. The molecule has 35 heavy (non-hydrogen) atoms. The Morgan fingerprint density at radius 1 is 1.11 bits per heavy atom. The van der Waals surface area contributed by atoms with E-state index in [1.165, 1.54) is 17.7 Å². The molecule has 1 heterocycles. The van der Waals surface area contributed by atoms with Crippen molar-refractivity contribution in [2.75, 3.05) is 19.7 Å². The van der Waals surface area contributed by atoms with Crippen molar-refractivity contribution in [2.24, 2.45) is 0 Å². The average Bonchev–Trinajstić information content (AvgIpc) is 2.83. The predicted octanol–water partition coefficient (Wildman–Crippen LogP) is 2.64. The largest absolute Gasteiger partial charge is 0.493 e. The van der Waals surface area contributed by atoms with Gasteiger partial charge in [0.1, 0.15) is 11.6 Å². The third-order valence-corrected chi connectivity index (χ3v) is 6.02. The van der Waals surface area contributed by atoms with E-state index in [9.17, 15) is 19.1 Å². The van der Waals surface area contributed by atoms with E-state index in [1.54, 1.807) is 6.07 Å². The lowest BCUT2D eigenvalue weighted by molar-refractivity contribution is -0.127. The van der Waals surface area contributed by atoms with Crippen LogP contribution in [0.25, 0.3) is 0 Å². The molecule has 2 aromatic carbocycles. The van der Waals surface area contributed by atoms with Crippen LogP contribution in [-0.2, 0) is 29.0 Å². The molecule has 2 bridgehead atoms. The number of aryl methyl sites for hydroxylation is 1. The predicted molar refractivity (Wildman–Crippen MR) is 133 cm³/mol. The SMILES string of the molecule is CCc1cccc(CNC[C@@H](O)[C@@H]2Cc3cc(F)cc(c3)OCCCCNC(=O)CCC(=O)N2)c1. The fraction of sp³-hybridized carbons (Fsp3) is 0.481. The van der Waals surface area contributed by atoms with Gasteiger partial charge in [0.05, 0.1) is 18.8 Å². The van der Waals surface area contributed by atoms with Gasteiger partial charge in [0.2, 0.25) is 11.8 Å². The topological polar surface area (TPSA) is 99.7 Å². The zero-order chi connectivity index (χ0) is 25.0. The molecule has 0 aromatic heterocycles. The highest BCUT2D eigenvalue weighted by Crippen LogP contribution is 2.19. The van der Waals surface area contributed by atoms with Crippen LogP contribution in [0.5, 0.6) is 5.75 Å². The van der Waals surface area contributed by atoms with Crippen LogP contribution < -0.4 is 20.7 Å². The zero-order valence-corrected chi connectivity index (χ0v) is 20.3. The number of nitrogens with one attached hydrogen (secondary N) is 3. The second kappa shape index (κ2) is 13.8. The molecule has 0 fully saturated rings. The Morgan fingerprint density at radius 2 is 1.91 bits per heavy atom. The molecule has 2 amide bonds. The van der Waals surface area contributed by atoms with E-state index in [1.807, 2.05) is 12.1 Å². The summed E-state index contributed by atoms with van der Waals surface area (Å²) in [6, 6.07) is 12.0. The first kappa shape index (κ1) is 26.6. The number of halogens is 1. The molecule has 7 nitrogen and oxygen atoms in total. The van der Waals surface area contributed by atoms with Gasteiger partial charge in [-0.2, -0.15) is 0 Å². The van der Waals surface area contributed by atoms with E-state index < -0.39 is 18.0 Å². The normalized spacial score (nSPS) is 18.8. The molecule has 8 heteroatoms. The fourth-order valence-corrected chi connectivity index (χ4v) is 4.06. The van der Waals surface area contributed by atoms with Crippen LogP contribution in [0.1, 0.15) is 49.3 Å². The second-order valence-electron chi connectivity index (χ2n) is 8.95. The van der Waals surface area contributed by atoms with Gasteiger partial charge in [0.15, 0.2) is 0 Å². The monoisotopic (exact) mass is 485 g/mol. The van der Waals surface area contributed by atoms with E-state index in [4.69, 9.17) is 4.74 Å². The van der Waals surface area contributed by atoms with Crippen LogP contribution in [0.15, 0.2) is 42.5 Å². The molecule has 2 atom stereocenters. The van der Waals surface area contributed by atoms with E-state index in [0.29, 0.717) is 37.4 Å². The smallest absolute Gasteiger partial charge is 0.220 e. The molecule has 0 spiro atoms. The van der Waals surface area contributed by atoms with E-state index in [-0.39, 0.29) is 37.6 Å². The molecule has 4 N–H and O–H groups in total. The van der Waals surface area contributed by atoms with Gasteiger partial charge in [-0.25, -0.2) is 4.39 Å². The molecule has 1 aliphatic rings. The molecule has 3 rings (SSSR count). The maximum Gasteiger partial charge on any atom is 0.220 e. The van der Waals surface area contributed by atoms with Crippen molar-refractivity contribution in [3.63, 3.8) is 0 Å². The van der Waals surface area contributed by atoms with Crippen LogP contribution in [-0.4, -0.2) is 48.8 Å². The van der Waals surface area contributed by atoms with Gasteiger partial charge in [-0.15, -0.1) is 0 Å². The van der Waals surface area contributed by atoms with Gasteiger partial charge in [-0.1, -0.05) is 31.2 Å². The maximum absolute atomic E-state index is 14.3. The van der Waals surface area contributed by atoms with Crippen molar-refractivity contribution in [3.05, 3.63) is 65.0 Å². The standard InChI is InChI=1S/C27H36FN3O4/c1-2-19-6-5-7-20(12-19)17-29-18-25(32)24-15-21-13-22(28)16-23(14-21)35-11-4-3-10-30-26(33)8-9-27(34)31-24/h5-7,12-14,16,24-25,29,32H,2-4,8-11,15,17-18H2,1H3,(H,30,33)(H,31,34)/t24-,25+/m0/s1. The summed E-state index contributed by atoms with van der Waals surface area (Å²) in [6.07, 6.45) is 1.77. The molecule has 0 saturated carbocycles. The van der Waals surface area contributed by atoms with Crippen LogP contribution in [0.3, 0.4) is 0 Å². The van der Waals surface area contributed by atoms with Gasteiger partial charge in [0, 0.05) is 38.5 Å². The van der Waals surface area contributed by atoms with Gasteiger partial charge < -0.3 is 25.8 Å². The van der Waals surface area contributed by atoms with Crippen molar-refractivity contribution in [1.29, 1.82) is 0 Å². The molecule has 190 valence electrons. The maximum atomic E-state index is 14.3. The summed E-state index contributed by atoms with van der Waals surface area (Å²) >= 11 is 0. The van der Waals surface area contributed by atoms with E-state index >= 15 is 0 Å². The summed E-state index contributed by atoms with van der Waals surface area (Å²) in [5.41, 5.74) is 2.96. The molecule has 1 aliphatic heterocycles. The number of hydrogen-bond donors (Lipinski definition) is 4. The van der Waals surface area contributed by atoms with Gasteiger partial charge in [-0.05, 0) is 54.5 Å². The molecule has 0 saturated heterocycles.